The molecular formula is C12H25NO2S. The van der Waals surface area contributed by atoms with Crippen molar-refractivity contribution in [1.29, 1.82) is 0 Å². The molecule has 1 aliphatic rings. The summed E-state index contributed by atoms with van der Waals surface area (Å²) in [5.41, 5.74) is 0. The van der Waals surface area contributed by atoms with E-state index >= 15 is 0 Å². The molecule has 3 nitrogen and oxygen atoms in total. The normalized spacial score (nSPS) is 20.8. The smallest absolute Gasteiger partial charge is 0.158 e. The molecule has 0 aromatic heterocycles. The van der Waals surface area contributed by atoms with Crippen molar-refractivity contribution in [2.75, 3.05) is 37.8 Å². The lowest BCUT2D eigenvalue weighted by atomic mass is 10.1. The Balaban J connectivity index is 1.98. The zero-order valence-corrected chi connectivity index (χ0v) is 11.4. The van der Waals surface area contributed by atoms with Crippen molar-refractivity contribution < 1.29 is 9.47 Å². The van der Waals surface area contributed by atoms with Crippen molar-refractivity contribution in [3.8, 4) is 0 Å². The first-order chi connectivity index (χ1) is 7.86. The van der Waals surface area contributed by atoms with E-state index in [1.54, 1.807) is 0 Å². The van der Waals surface area contributed by atoms with E-state index in [0.717, 1.165) is 38.6 Å². The van der Waals surface area contributed by atoms with Gasteiger partial charge in [-0.3, -0.25) is 0 Å². The molecule has 0 saturated carbocycles. The maximum Gasteiger partial charge on any atom is 0.158 e. The Morgan fingerprint density at radius 1 is 1.31 bits per heavy atom. The Kier molecular flexibility index (Phi) is 8.29. The van der Waals surface area contributed by atoms with Crippen LogP contribution >= 0.6 is 11.8 Å². The fourth-order valence-electron chi connectivity index (χ4n) is 1.86. The Labute approximate surface area is 104 Å². The summed E-state index contributed by atoms with van der Waals surface area (Å²) in [6.07, 6.45) is 2.29. The standard InChI is InChI=1S/C12H25NO2S/c1-3-14-12(15-4-2)5-7-13-9-11-6-8-16-10-11/h11-13H,3-10H2,1-2H3. The van der Waals surface area contributed by atoms with Gasteiger partial charge in [0.25, 0.3) is 0 Å². The van der Waals surface area contributed by atoms with Crippen LogP contribution in [0.1, 0.15) is 26.7 Å². The van der Waals surface area contributed by atoms with Gasteiger partial charge in [-0.1, -0.05) is 0 Å². The van der Waals surface area contributed by atoms with Crippen LogP contribution in [0.3, 0.4) is 0 Å². The zero-order valence-electron chi connectivity index (χ0n) is 10.5. The lowest BCUT2D eigenvalue weighted by Crippen LogP contribution is -2.28. The molecule has 1 heterocycles. The summed E-state index contributed by atoms with van der Waals surface area (Å²) in [5, 5.41) is 3.50. The SMILES string of the molecule is CCOC(CCNCC1CCSC1)OCC. The second kappa shape index (κ2) is 9.28. The maximum atomic E-state index is 5.49. The van der Waals surface area contributed by atoms with Crippen LogP contribution in [-0.4, -0.2) is 44.1 Å². The van der Waals surface area contributed by atoms with E-state index in [-0.39, 0.29) is 6.29 Å². The topological polar surface area (TPSA) is 30.5 Å². The molecule has 1 saturated heterocycles. The number of rotatable bonds is 9. The molecule has 1 atom stereocenters. The van der Waals surface area contributed by atoms with Gasteiger partial charge in [0.05, 0.1) is 0 Å². The van der Waals surface area contributed by atoms with Gasteiger partial charge in [-0.05, 0) is 50.8 Å². The van der Waals surface area contributed by atoms with Crippen molar-refractivity contribution >= 4 is 11.8 Å². The molecule has 4 heteroatoms. The molecule has 96 valence electrons. The minimum Gasteiger partial charge on any atom is -0.353 e. The minimum atomic E-state index is -0.0274. The van der Waals surface area contributed by atoms with Crippen LogP contribution in [0.4, 0.5) is 0 Å². The molecule has 16 heavy (non-hydrogen) atoms. The number of ether oxygens (including phenoxy) is 2. The molecule has 0 spiro atoms. The number of thioether (sulfide) groups is 1. The molecule has 1 rings (SSSR count). The third-order valence-corrected chi connectivity index (χ3v) is 3.95. The van der Waals surface area contributed by atoms with Crippen molar-refractivity contribution in [3.05, 3.63) is 0 Å². The summed E-state index contributed by atoms with van der Waals surface area (Å²) in [6.45, 7) is 7.61. The van der Waals surface area contributed by atoms with Crippen molar-refractivity contribution in [3.63, 3.8) is 0 Å². The van der Waals surface area contributed by atoms with E-state index in [1.165, 1.54) is 17.9 Å². The van der Waals surface area contributed by atoms with Gasteiger partial charge in [0, 0.05) is 19.6 Å². The first-order valence-electron chi connectivity index (χ1n) is 6.38. The Bertz CT molecular complexity index is 157. The zero-order chi connectivity index (χ0) is 11.6. The van der Waals surface area contributed by atoms with Crippen LogP contribution in [0.15, 0.2) is 0 Å². The monoisotopic (exact) mass is 247 g/mol. The van der Waals surface area contributed by atoms with Gasteiger partial charge in [0.1, 0.15) is 0 Å². The minimum absolute atomic E-state index is 0.0274. The molecule has 0 radical (unpaired) electrons. The molecule has 0 aliphatic carbocycles. The van der Waals surface area contributed by atoms with E-state index in [2.05, 4.69) is 17.1 Å². The van der Waals surface area contributed by atoms with Gasteiger partial charge < -0.3 is 14.8 Å². The molecule has 0 aromatic rings. The lowest BCUT2D eigenvalue weighted by Gasteiger charge is -2.17. The number of nitrogens with one attached hydrogen (secondary N) is 1. The second-order valence-electron chi connectivity index (χ2n) is 4.06. The first-order valence-corrected chi connectivity index (χ1v) is 7.54. The summed E-state index contributed by atoms with van der Waals surface area (Å²) < 4.78 is 11.0. The third-order valence-electron chi connectivity index (χ3n) is 2.72. The van der Waals surface area contributed by atoms with Crippen LogP contribution in [0.25, 0.3) is 0 Å². The molecule has 1 fully saturated rings. The maximum absolute atomic E-state index is 5.49. The summed E-state index contributed by atoms with van der Waals surface area (Å²) in [5.74, 6) is 3.54. The second-order valence-corrected chi connectivity index (χ2v) is 5.21. The fraction of sp³-hybridized carbons (Fsp3) is 1.00. The largest absolute Gasteiger partial charge is 0.353 e. The van der Waals surface area contributed by atoms with E-state index in [0.29, 0.717) is 0 Å². The predicted molar refractivity (Wildman–Crippen MR) is 70.0 cm³/mol. The quantitative estimate of drug-likeness (QED) is 0.499. The first kappa shape index (κ1) is 14.3. The van der Waals surface area contributed by atoms with Crippen LogP contribution in [0, 0.1) is 5.92 Å². The number of hydrogen-bond donors (Lipinski definition) is 1. The van der Waals surface area contributed by atoms with Crippen LogP contribution in [-0.2, 0) is 9.47 Å². The van der Waals surface area contributed by atoms with E-state index < -0.39 is 0 Å². The average Bonchev–Trinajstić information content (AvgIpc) is 2.78. The van der Waals surface area contributed by atoms with Crippen LogP contribution < -0.4 is 5.32 Å². The number of hydrogen-bond acceptors (Lipinski definition) is 4. The van der Waals surface area contributed by atoms with Gasteiger partial charge in [-0.15, -0.1) is 0 Å². The Morgan fingerprint density at radius 3 is 2.62 bits per heavy atom. The molecule has 0 amide bonds. The van der Waals surface area contributed by atoms with Crippen molar-refractivity contribution in [2.24, 2.45) is 5.92 Å². The Morgan fingerprint density at radius 2 is 2.06 bits per heavy atom. The fourth-order valence-corrected chi connectivity index (χ4v) is 3.14. The Hall–Kier alpha value is 0.230. The highest BCUT2D eigenvalue weighted by Crippen LogP contribution is 2.22. The highest BCUT2D eigenvalue weighted by Gasteiger charge is 2.15. The molecule has 0 aromatic carbocycles. The van der Waals surface area contributed by atoms with Gasteiger partial charge >= 0.3 is 0 Å². The van der Waals surface area contributed by atoms with Gasteiger partial charge in [-0.2, -0.15) is 11.8 Å². The highest BCUT2D eigenvalue weighted by molar-refractivity contribution is 7.99. The summed E-state index contributed by atoms with van der Waals surface area (Å²) in [7, 11) is 0. The summed E-state index contributed by atoms with van der Waals surface area (Å²) >= 11 is 2.07. The van der Waals surface area contributed by atoms with Gasteiger partial charge in [0.2, 0.25) is 0 Å². The summed E-state index contributed by atoms with van der Waals surface area (Å²) in [4.78, 5) is 0. The van der Waals surface area contributed by atoms with E-state index in [4.69, 9.17) is 9.47 Å². The van der Waals surface area contributed by atoms with E-state index in [1.807, 2.05) is 13.8 Å². The average molecular weight is 247 g/mol. The molecule has 1 N–H and O–H groups in total. The van der Waals surface area contributed by atoms with Crippen LogP contribution in [0.5, 0.6) is 0 Å². The van der Waals surface area contributed by atoms with Crippen LogP contribution in [0.2, 0.25) is 0 Å². The summed E-state index contributed by atoms with van der Waals surface area (Å²) in [6, 6.07) is 0. The van der Waals surface area contributed by atoms with Gasteiger partial charge in [-0.25, -0.2) is 0 Å². The lowest BCUT2D eigenvalue weighted by molar-refractivity contribution is -0.138. The van der Waals surface area contributed by atoms with Crippen molar-refractivity contribution in [2.45, 2.75) is 33.0 Å². The van der Waals surface area contributed by atoms with Gasteiger partial charge in [0.15, 0.2) is 6.29 Å². The van der Waals surface area contributed by atoms with Crippen molar-refractivity contribution in [1.82, 2.24) is 5.32 Å². The molecule has 0 bridgehead atoms. The van der Waals surface area contributed by atoms with E-state index in [9.17, 15) is 0 Å². The molecular weight excluding hydrogens is 222 g/mol. The predicted octanol–water partition coefficient (Wildman–Crippen LogP) is 2.12. The molecule has 1 unspecified atom stereocenters. The highest BCUT2D eigenvalue weighted by atomic mass is 32.2. The molecule has 1 aliphatic heterocycles. The third kappa shape index (κ3) is 6.09.